The fourth-order valence-corrected chi connectivity index (χ4v) is 2.28. The molecule has 0 radical (unpaired) electrons. The molecule has 6 heteroatoms. The molecule has 3 rings (SSSR count). The summed E-state index contributed by atoms with van der Waals surface area (Å²) in [6.45, 7) is 1.75. The molecule has 0 saturated heterocycles. The zero-order valence-corrected chi connectivity index (χ0v) is 10.1. The lowest BCUT2D eigenvalue weighted by Crippen LogP contribution is -2.29. The quantitative estimate of drug-likeness (QED) is 0.617. The summed E-state index contributed by atoms with van der Waals surface area (Å²) >= 11 is 0. The van der Waals surface area contributed by atoms with E-state index in [1.54, 1.807) is 6.92 Å². The summed E-state index contributed by atoms with van der Waals surface area (Å²) in [7, 11) is 0. The zero-order chi connectivity index (χ0) is 13.7. The van der Waals surface area contributed by atoms with Crippen molar-refractivity contribution in [2.24, 2.45) is 0 Å². The van der Waals surface area contributed by atoms with Crippen molar-refractivity contribution >= 4 is 11.0 Å². The molecular weight excluding hydrogens is 252 g/mol. The second-order valence-corrected chi connectivity index (χ2v) is 4.61. The molecule has 0 aliphatic carbocycles. The average Bonchev–Trinajstić information content (AvgIpc) is 2.31. The zero-order valence-electron chi connectivity index (χ0n) is 10.1. The third kappa shape index (κ3) is 1.76. The van der Waals surface area contributed by atoms with Gasteiger partial charge in [0.25, 0.3) is 0 Å². The van der Waals surface area contributed by atoms with E-state index in [2.05, 4.69) is 0 Å². The number of aromatic hydroxyl groups is 2. The Balaban J connectivity index is 2.36. The minimum Gasteiger partial charge on any atom is -0.504 e. The molecule has 0 fully saturated rings. The van der Waals surface area contributed by atoms with Crippen molar-refractivity contribution in [2.45, 2.75) is 25.7 Å². The molecule has 1 aliphatic rings. The molecule has 2 aromatic rings. The number of aliphatic hydroxyl groups excluding tert-OH is 1. The van der Waals surface area contributed by atoms with Crippen LogP contribution in [0, 0.1) is 0 Å². The van der Waals surface area contributed by atoms with Crippen LogP contribution in [0.25, 0.3) is 11.0 Å². The Hall–Kier alpha value is -2.05. The third-order valence-electron chi connectivity index (χ3n) is 3.18. The van der Waals surface area contributed by atoms with Gasteiger partial charge in [-0.3, -0.25) is 4.79 Å². The van der Waals surface area contributed by atoms with E-state index in [9.17, 15) is 20.1 Å². The van der Waals surface area contributed by atoms with E-state index in [-0.39, 0.29) is 28.4 Å². The van der Waals surface area contributed by atoms with Gasteiger partial charge in [0, 0.05) is 12.5 Å². The van der Waals surface area contributed by atoms with Crippen molar-refractivity contribution in [3.05, 3.63) is 33.7 Å². The lowest BCUT2D eigenvalue weighted by molar-refractivity contribution is -0.146. The highest BCUT2D eigenvalue weighted by molar-refractivity contribution is 5.81. The summed E-state index contributed by atoms with van der Waals surface area (Å²) < 4.78 is 10.7. The van der Waals surface area contributed by atoms with E-state index < -0.39 is 17.5 Å². The van der Waals surface area contributed by atoms with Gasteiger partial charge in [0.1, 0.15) is 11.3 Å². The summed E-state index contributed by atoms with van der Waals surface area (Å²) in [6, 6.07) is 2.29. The second kappa shape index (κ2) is 3.97. The van der Waals surface area contributed by atoms with Crippen LogP contribution in [0.3, 0.4) is 0 Å². The Bertz CT molecular complexity index is 717. The number of hydrogen-bond donors (Lipinski definition) is 3. The summed E-state index contributed by atoms with van der Waals surface area (Å²) in [6.07, 6.45) is -1.25. The van der Waals surface area contributed by atoms with Crippen LogP contribution in [0.2, 0.25) is 0 Å². The van der Waals surface area contributed by atoms with Gasteiger partial charge in [-0.1, -0.05) is 0 Å². The molecule has 1 aliphatic heterocycles. The Morgan fingerprint density at radius 1 is 1.26 bits per heavy atom. The monoisotopic (exact) mass is 264 g/mol. The molecule has 1 aromatic heterocycles. The highest BCUT2D eigenvalue weighted by Crippen LogP contribution is 2.33. The first-order chi connectivity index (χ1) is 8.97. The first-order valence-corrected chi connectivity index (χ1v) is 5.82. The standard InChI is InChI=1S/C13H12O6/c1-5-2-10-11(13(17)18-5)12(16)6-3-7(14)8(15)4-9(6)19-10/h3-5,13-15,17H,2H2,1H3. The molecule has 100 valence electrons. The van der Waals surface area contributed by atoms with E-state index in [1.165, 1.54) is 6.07 Å². The van der Waals surface area contributed by atoms with Crippen LogP contribution >= 0.6 is 0 Å². The molecule has 0 saturated carbocycles. The van der Waals surface area contributed by atoms with Gasteiger partial charge < -0.3 is 24.5 Å². The highest BCUT2D eigenvalue weighted by Gasteiger charge is 2.29. The topological polar surface area (TPSA) is 100 Å². The van der Waals surface area contributed by atoms with Crippen LogP contribution in [0.5, 0.6) is 11.5 Å². The lowest BCUT2D eigenvalue weighted by atomic mass is 10.0. The number of rotatable bonds is 0. The van der Waals surface area contributed by atoms with Crippen molar-refractivity contribution in [3.63, 3.8) is 0 Å². The third-order valence-corrected chi connectivity index (χ3v) is 3.18. The van der Waals surface area contributed by atoms with Crippen molar-refractivity contribution in [3.8, 4) is 11.5 Å². The van der Waals surface area contributed by atoms with Crippen molar-refractivity contribution in [1.29, 1.82) is 0 Å². The van der Waals surface area contributed by atoms with E-state index in [0.717, 1.165) is 6.07 Å². The maximum atomic E-state index is 12.3. The molecule has 3 N–H and O–H groups in total. The number of phenols is 2. The number of ether oxygens (including phenoxy) is 1. The van der Waals surface area contributed by atoms with Gasteiger partial charge in [0.15, 0.2) is 17.8 Å². The van der Waals surface area contributed by atoms with Crippen LogP contribution in [0.4, 0.5) is 0 Å². The minimum atomic E-state index is -1.34. The number of benzene rings is 1. The molecule has 0 bridgehead atoms. The summed E-state index contributed by atoms with van der Waals surface area (Å²) in [5, 5.41) is 28.8. The van der Waals surface area contributed by atoms with E-state index >= 15 is 0 Å². The van der Waals surface area contributed by atoms with Crippen LogP contribution in [-0.4, -0.2) is 21.4 Å². The first kappa shape index (κ1) is 12.0. The summed E-state index contributed by atoms with van der Waals surface area (Å²) in [5.74, 6) is -0.440. The molecule has 1 aromatic carbocycles. The molecule has 0 spiro atoms. The Morgan fingerprint density at radius 3 is 2.68 bits per heavy atom. The largest absolute Gasteiger partial charge is 0.504 e. The van der Waals surface area contributed by atoms with Crippen LogP contribution < -0.4 is 5.43 Å². The Morgan fingerprint density at radius 2 is 1.95 bits per heavy atom. The minimum absolute atomic E-state index is 0.0516. The lowest BCUT2D eigenvalue weighted by Gasteiger charge is -2.25. The van der Waals surface area contributed by atoms with E-state index in [4.69, 9.17) is 9.15 Å². The first-order valence-electron chi connectivity index (χ1n) is 5.82. The summed E-state index contributed by atoms with van der Waals surface area (Å²) in [4.78, 5) is 12.3. The van der Waals surface area contributed by atoms with Crippen LogP contribution in [0.15, 0.2) is 21.3 Å². The van der Waals surface area contributed by atoms with Gasteiger partial charge in [-0.25, -0.2) is 0 Å². The fourth-order valence-electron chi connectivity index (χ4n) is 2.28. The smallest absolute Gasteiger partial charge is 0.201 e. The van der Waals surface area contributed by atoms with Gasteiger partial charge in [0.05, 0.1) is 17.1 Å². The predicted molar refractivity (Wildman–Crippen MR) is 65.0 cm³/mol. The van der Waals surface area contributed by atoms with Gasteiger partial charge >= 0.3 is 0 Å². The second-order valence-electron chi connectivity index (χ2n) is 4.61. The van der Waals surface area contributed by atoms with E-state index in [0.29, 0.717) is 12.2 Å². The average molecular weight is 264 g/mol. The van der Waals surface area contributed by atoms with Gasteiger partial charge in [0.2, 0.25) is 5.43 Å². The highest BCUT2D eigenvalue weighted by atomic mass is 16.6. The van der Waals surface area contributed by atoms with Crippen molar-refractivity contribution < 1.29 is 24.5 Å². The van der Waals surface area contributed by atoms with Gasteiger partial charge in [-0.2, -0.15) is 0 Å². The van der Waals surface area contributed by atoms with Crippen LogP contribution in [0.1, 0.15) is 24.5 Å². The molecule has 0 amide bonds. The number of hydrogen-bond acceptors (Lipinski definition) is 6. The molecular formula is C13H12O6. The Kier molecular flexibility index (Phi) is 2.51. The molecule has 6 nitrogen and oxygen atoms in total. The SMILES string of the molecule is CC1Cc2oc3cc(O)c(O)cc3c(=O)c2C(O)O1. The van der Waals surface area contributed by atoms with Crippen molar-refractivity contribution in [2.75, 3.05) is 0 Å². The van der Waals surface area contributed by atoms with Gasteiger partial charge in [-0.05, 0) is 13.0 Å². The number of fused-ring (bicyclic) bond motifs is 2. The number of aliphatic hydroxyl groups is 1. The fraction of sp³-hybridized carbons (Fsp3) is 0.308. The maximum absolute atomic E-state index is 12.3. The molecule has 19 heavy (non-hydrogen) atoms. The molecule has 2 unspecified atom stereocenters. The Labute approximate surface area is 107 Å². The molecule has 2 atom stereocenters. The van der Waals surface area contributed by atoms with Gasteiger partial charge in [-0.15, -0.1) is 0 Å². The normalized spacial score (nSPS) is 22.4. The predicted octanol–water partition coefficient (Wildman–Crippen LogP) is 1.16. The molecule has 2 heterocycles. The number of phenolic OH excluding ortho intramolecular Hbond substituents is 2. The summed E-state index contributed by atoms with van der Waals surface area (Å²) in [5.41, 5.74) is -0.248. The van der Waals surface area contributed by atoms with Crippen molar-refractivity contribution in [1.82, 2.24) is 0 Å². The maximum Gasteiger partial charge on any atom is 0.201 e. The van der Waals surface area contributed by atoms with Crippen LogP contribution in [-0.2, 0) is 11.2 Å². The van der Waals surface area contributed by atoms with E-state index in [1.807, 2.05) is 0 Å².